The summed E-state index contributed by atoms with van der Waals surface area (Å²) in [4.78, 5) is 2.61. The minimum Gasteiger partial charge on any atom is -0.312 e. The maximum absolute atomic E-state index is 3.73. The Hall–Kier alpha value is -0.0800. The molecule has 0 radical (unpaired) electrons. The molecule has 1 atom stereocenters. The Morgan fingerprint density at radius 2 is 1.81 bits per heavy atom. The predicted molar refractivity (Wildman–Crippen MR) is 71.9 cm³/mol. The summed E-state index contributed by atoms with van der Waals surface area (Å²) in [5.74, 6) is 0. The lowest BCUT2D eigenvalue weighted by Gasteiger charge is -2.33. The minimum atomic E-state index is 0.667. The maximum atomic E-state index is 3.73. The molecule has 1 N–H and O–H groups in total. The van der Waals surface area contributed by atoms with Crippen LogP contribution in [0.3, 0.4) is 0 Å². The zero-order valence-corrected chi connectivity index (χ0v) is 11.6. The van der Waals surface area contributed by atoms with Crippen LogP contribution in [0.1, 0.15) is 59.8 Å². The van der Waals surface area contributed by atoms with Crippen LogP contribution in [-0.2, 0) is 0 Å². The standard InChI is InChI=1S/C14H30N2/c1-5-10-16(12(2)3)13(4)11-15-14-8-6-7-9-14/h12-15H,5-11H2,1-4H3. The summed E-state index contributed by atoms with van der Waals surface area (Å²) in [7, 11) is 0. The Morgan fingerprint density at radius 3 is 2.31 bits per heavy atom. The molecule has 0 heterocycles. The molecule has 2 nitrogen and oxygen atoms in total. The van der Waals surface area contributed by atoms with Crippen molar-refractivity contribution in [3.8, 4) is 0 Å². The highest BCUT2D eigenvalue weighted by molar-refractivity contribution is 4.78. The number of nitrogens with one attached hydrogen (secondary N) is 1. The third-order valence-corrected chi connectivity index (χ3v) is 3.77. The fourth-order valence-corrected chi connectivity index (χ4v) is 2.83. The number of hydrogen-bond donors (Lipinski definition) is 1. The molecule has 0 amide bonds. The molecule has 0 aliphatic heterocycles. The highest BCUT2D eigenvalue weighted by atomic mass is 15.2. The van der Waals surface area contributed by atoms with Crippen LogP contribution in [0.4, 0.5) is 0 Å². The van der Waals surface area contributed by atoms with Gasteiger partial charge in [0.05, 0.1) is 0 Å². The van der Waals surface area contributed by atoms with E-state index in [9.17, 15) is 0 Å². The topological polar surface area (TPSA) is 15.3 Å². The van der Waals surface area contributed by atoms with Crippen molar-refractivity contribution in [1.82, 2.24) is 10.2 Å². The van der Waals surface area contributed by atoms with Crippen molar-refractivity contribution in [2.45, 2.75) is 77.9 Å². The maximum Gasteiger partial charge on any atom is 0.0195 e. The summed E-state index contributed by atoms with van der Waals surface area (Å²) in [6.07, 6.45) is 6.89. The van der Waals surface area contributed by atoms with Gasteiger partial charge in [-0.1, -0.05) is 19.8 Å². The van der Waals surface area contributed by atoms with Gasteiger partial charge in [-0.15, -0.1) is 0 Å². The Balaban J connectivity index is 2.27. The smallest absolute Gasteiger partial charge is 0.0195 e. The van der Waals surface area contributed by atoms with Gasteiger partial charge in [-0.3, -0.25) is 4.90 Å². The highest BCUT2D eigenvalue weighted by Gasteiger charge is 2.19. The molecular weight excluding hydrogens is 196 g/mol. The fraction of sp³-hybridized carbons (Fsp3) is 1.00. The molecule has 1 unspecified atom stereocenters. The molecule has 0 aromatic rings. The van der Waals surface area contributed by atoms with Gasteiger partial charge >= 0.3 is 0 Å². The lowest BCUT2D eigenvalue weighted by atomic mass is 10.1. The van der Waals surface area contributed by atoms with Crippen molar-refractivity contribution in [3.05, 3.63) is 0 Å². The van der Waals surface area contributed by atoms with E-state index in [1.54, 1.807) is 0 Å². The molecule has 0 spiro atoms. The van der Waals surface area contributed by atoms with E-state index in [4.69, 9.17) is 0 Å². The molecule has 0 saturated heterocycles. The van der Waals surface area contributed by atoms with Gasteiger partial charge in [-0.25, -0.2) is 0 Å². The van der Waals surface area contributed by atoms with Crippen LogP contribution in [0.2, 0.25) is 0 Å². The van der Waals surface area contributed by atoms with E-state index in [2.05, 4.69) is 37.9 Å². The summed E-state index contributed by atoms with van der Waals surface area (Å²) in [5, 5.41) is 3.73. The second-order valence-corrected chi connectivity index (χ2v) is 5.57. The molecule has 0 aromatic carbocycles. The summed E-state index contributed by atoms with van der Waals surface area (Å²) < 4.78 is 0. The first-order chi connectivity index (χ1) is 7.65. The Labute approximate surface area is 102 Å². The third kappa shape index (κ3) is 4.42. The van der Waals surface area contributed by atoms with Crippen LogP contribution in [0.15, 0.2) is 0 Å². The molecule has 1 rings (SSSR count). The quantitative estimate of drug-likeness (QED) is 0.718. The summed E-state index contributed by atoms with van der Waals surface area (Å²) in [6, 6.07) is 2.14. The molecule has 96 valence electrons. The first kappa shape index (κ1) is 14.0. The van der Waals surface area contributed by atoms with Crippen molar-refractivity contribution >= 4 is 0 Å². The van der Waals surface area contributed by atoms with Gasteiger partial charge < -0.3 is 5.32 Å². The van der Waals surface area contributed by atoms with Gasteiger partial charge in [0, 0.05) is 24.7 Å². The summed E-state index contributed by atoms with van der Waals surface area (Å²) in [6.45, 7) is 11.6. The van der Waals surface area contributed by atoms with E-state index in [0.717, 1.165) is 12.6 Å². The first-order valence-corrected chi connectivity index (χ1v) is 7.14. The van der Waals surface area contributed by atoms with E-state index in [0.29, 0.717) is 12.1 Å². The van der Waals surface area contributed by atoms with E-state index in [-0.39, 0.29) is 0 Å². The monoisotopic (exact) mass is 226 g/mol. The molecule has 1 aliphatic rings. The molecule has 1 fully saturated rings. The third-order valence-electron chi connectivity index (χ3n) is 3.77. The van der Waals surface area contributed by atoms with Crippen LogP contribution >= 0.6 is 0 Å². The van der Waals surface area contributed by atoms with E-state index in [1.807, 2.05) is 0 Å². The number of nitrogens with zero attached hydrogens (tertiary/aromatic N) is 1. The number of hydrogen-bond acceptors (Lipinski definition) is 2. The van der Waals surface area contributed by atoms with E-state index >= 15 is 0 Å². The van der Waals surface area contributed by atoms with Crippen molar-refractivity contribution in [3.63, 3.8) is 0 Å². The Bertz CT molecular complexity index is 174. The van der Waals surface area contributed by atoms with Crippen LogP contribution in [-0.4, -0.2) is 36.1 Å². The first-order valence-electron chi connectivity index (χ1n) is 7.14. The van der Waals surface area contributed by atoms with Crippen LogP contribution in [0.5, 0.6) is 0 Å². The van der Waals surface area contributed by atoms with Crippen molar-refractivity contribution in [2.75, 3.05) is 13.1 Å². The van der Waals surface area contributed by atoms with Crippen LogP contribution in [0.25, 0.3) is 0 Å². The van der Waals surface area contributed by atoms with Gasteiger partial charge in [0.1, 0.15) is 0 Å². The van der Waals surface area contributed by atoms with E-state index < -0.39 is 0 Å². The van der Waals surface area contributed by atoms with Gasteiger partial charge in [0.15, 0.2) is 0 Å². The molecule has 0 aromatic heterocycles. The molecule has 1 aliphatic carbocycles. The average molecular weight is 226 g/mol. The lowest BCUT2D eigenvalue weighted by molar-refractivity contribution is 0.158. The van der Waals surface area contributed by atoms with Gasteiger partial charge in [0.25, 0.3) is 0 Å². The van der Waals surface area contributed by atoms with Crippen molar-refractivity contribution in [2.24, 2.45) is 0 Å². The average Bonchev–Trinajstić information content (AvgIpc) is 2.75. The molecular formula is C14H30N2. The zero-order chi connectivity index (χ0) is 12.0. The van der Waals surface area contributed by atoms with Gasteiger partial charge in [0.2, 0.25) is 0 Å². The predicted octanol–water partition coefficient (Wildman–Crippen LogP) is 3.03. The zero-order valence-electron chi connectivity index (χ0n) is 11.6. The second-order valence-electron chi connectivity index (χ2n) is 5.57. The molecule has 1 saturated carbocycles. The van der Waals surface area contributed by atoms with Crippen LogP contribution in [0, 0.1) is 0 Å². The fourth-order valence-electron chi connectivity index (χ4n) is 2.83. The van der Waals surface area contributed by atoms with E-state index in [1.165, 1.54) is 38.6 Å². The van der Waals surface area contributed by atoms with Crippen LogP contribution < -0.4 is 5.32 Å². The molecule has 2 heteroatoms. The minimum absolute atomic E-state index is 0.667. The van der Waals surface area contributed by atoms with Crippen molar-refractivity contribution in [1.29, 1.82) is 0 Å². The highest BCUT2D eigenvalue weighted by Crippen LogP contribution is 2.17. The summed E-state index contributed by atoms with van der Waals surface area (Å²) >= 11 is 0. The second kappa shape index (κ2) is 7.29. The Morgan fingerprint density at radius 1 is 1.19 bits per heavy atom. The van der Waals surface area contributed by atoms with Gasteiger partial charge in [-0.2, -0.15) is 0 Å². The van der Waals surface area contributed by atoms with Gasteiger partial charge in [-0.05, 0) is 46.6 Å². The number of rotatable bonds is 7. The SMILES string of the molecule is CCCN(C(C)C)C(C)CNC1CCCC1. The van der Waals surface area contributed by atoms with Crippen molar-refractivity contribution < 1.29 is 0 Å². The molecule has 16 heavy (non-hydrogen) atoms. The normalized spacial score (nSPS) is 19.9. The largest absolute Gasteiger partial charge is 0.312 e. The summed E-state index contributed by atoms with van der Waals surface area (Å²) in [5.41, 5.74) is 0. The Kier molecular flexibility index (Phi) is 6.37. The molecule has 0 bridgehead atoms. The lowest BCUT2D eigenvalue weighted by Crippen LogP contribution is -2.46.